The Hall–Kier alpha value is -1.68. The number of nitrogens with zero attached hydrogens (tertiary/aromatic N) is 2. The summed E-state index contributed by atoms with van der Waals surface area (Å²) in [7, 11) is 1.72. The number of halogens is 2. The average Bonchev–Trinajstić information content (AvgIpc) is 2.76. The van der Waals surface area contributed by atoms with Crippen LogP contribution in [0.5, 0.6) is 0 Å². The van der Waals surface area contributed by atoms with Gasteiger partial charge in [-0.1, -0.05) is 30.7 Å². The van der Waals surface area contributed by atoms with Crippen LogP contribution in [0.1, 0.15) is 28.7 Å². The fourth-order valence-electron chi connectivity index (χ4n) is 1.91. The molecule has 0 atom stereocenters. The molecular formula is C14H14ClFN2O. The maximum absolute atomic E-state index is 13.3. The molecule has 0 N–H and O–H groups in total. The van der Waals surface area contributed by atoms with E-state index in [2.05, 4.69) is 5.10 Å². The molecular weight excluding hydrogens is 267 g/mol. The van der Waals surface area contributed by atoms with Crippen molar-refractivity contribution < 1.29 is 9.18 Å². The third-order valence-electron chi connectivity index (χ3n) is 2.96. The zero-order chi connectivity index (χ0) is 14.0. The van der Waals surface area contributed by atoms with Crippen LogP contribution in [0.4, 0.5) is 4.39 Å². The molecule has 1 aromatic heterocycles. The van der Waals surface area contributed by atoms with E-state index in [1.165, 1.54) is 6.07 Å². The van der Waals surface area contributed by atoms with Crippen LogP contribution in [-0.2, 0) is 19.9 Å². The van der Waals surface area contributed by atoms with Crippen molar-refractivity contribution >= 4 is 17.4 Å². The summed E-state index contributed by atoms with van der Waals surface area (Å²) >= 11 is 5.85. The van der Waals surface area contributed by atoms with E-state index in [1.807, 2.05) is 6.92 Å². The molecule has 2 aromatic rings. The molecule has 0 unspecified atom stereocenters. The first-order valence-corrected chi connectivity index (χ1v) is 6.39. The van der Waals surface area contributed by atoms with Gasteiger partial charge in [-0.05, 0) is 24.1 Å². The summed E-state index contributed by atoms with van der Waals surface area (Å²) in [5.41, 5.74) is 1.86. The van der Waals surface area contributed by atoms with E-state index in [9.17, 15) is 9.18 Å². The zero-order valence-corrected chi connectivity index (χ0v) is 11.5. The third-order valence-corrected chi connectivity index (χ3v) is 3.38. The average molecular weight is 281 g/mol. The van der Waals surface area contributed by atoms with Gasteiger partial charge in [0.2, 0.25) is 0 Å². The van der Waals surface area contributed by atoms with E-state index in [4.69, 9.17) is 11.6 Å². The fraction of sp³-hybridized carbons (Fsp3) is 0.286. The van der Waals surface area contributed by atoms with Gasteiger partial charge < -0.3 is 0 Å². The second-order valence-electron chi connectivity index (χ2n) is 4.31. The van der Waals surface area contributed by atoms with E-state index in [0.29, 0.717) is 11.3 Å². The lowest BCUT2D eigenvalue weighted by atomic mass is 10.1. The number of carbonyl (C=O) groups is 1. The van der Waals surface area contributed by atoms with Crippen molar-refractivity contribution in [2.45, 2.75) is 19.8 Å². The number of carbonyl (C=O) groups excluding carboxylic acids is 1. The van der Waals surface area contributed by atoms with Gasteiger partial charge in [0.1, 0.15) is 11.5 Å². The lowest BCUT2D eigenvalue weighted by molar-refractivity contribution is 0.0984. The highest BCUT2D eigenvalue weighted by Gasteiger charge is 2.16. The maximum atomic E-state index is 13.3. The Morgan fingerprint density at radius 1 is 1.47 bits per heavy atom. The molecule has 0 spiro atoms. The molecule has 0 radical (unpaired) electrons. The van der Waals surface area contributed by atoms with Gasteiger partial charge in [-0.25, -0.2) is 4.39 Å². The van der Waals surface area contributed by atoms with Crippen LogP contribution < -0.4 is 0 Å². The number of hydrogen-bond donors (Lipinski definition) is 0. The number of hydrogen-bond acceptors (Lipinski definition) is 2. The Bertz CT molecular complexity index is 622. The molecule has 3 nitrogen and oxygen atoms in total. The van der Waals surface area contributed by atoms with Gasteiger partial charge in [0.25, 0.3) is 0 Å². The normalized spacial score (nSPS) is 10.7. The molecule has 0 saturated heterocycles. The molecule has 100 valence electrons. The molecule has 5 heteroatoms. The number of benzene rings is 1. The quantitative estimate of drug-likeness (QED) is 0.806. The molecule has 0 aliphatic carbocycles. The van der Waals surface area contributed by atoms with Crippen molar-refractivity contribution in [2.24, 2.45) is 7.05 Å². The van der Waals surface area contributed by atoms with Crippen molar-refractivity contribution in [2.75, 3.05) is 0 Å². The SMILES string of the molecule is CCc1cc(C(=O)Cc2cccc(F)c2Cl)n(C)n1. The first-order valence-electron chi connectivity index (χ1n) is 6.02. The van der Waals surface area contributed by atoms with E-state index in [-0.39, 0.29) is 17.2 Å². The summed E-state index contributed by atoms with van der Waals surface area (Å²) < 4.78 is 14.9. The van der Waals surface area contributed by atoms with Crippen LogP contribution in [0.25, 0.3) is 0 Å². The maximum Gasteiger partial charge on any atom is 0.185 e. The van der Waals surface area contributed by atoms with Crippen molar-refractivity contribution in [1.29, 1.82) is 0 Å². The van der Waals surface area contributed by atoms with Crippen LogP contribution in [0.15, 0.2) is 24.3 Å². The first kappa shape index (κ1) is 13.7. The van der Waals surface area contributed by atoms with Crippen LogP contribution in [-0.4, -0.2) is 15.6 Å². The van der Waals surface area contributed by atoms with Crippen molar-refractivity contribution in [3.63, 3.8) is 0 Å². The Labute approximate surface area is 116 Å². The Balaban J connectivity index is 2.25. The van der Waals surface area contributed by atoms with Crippen molar-refractivity contribution in [3.8, 4) is 0 Å². The molecule has 0 amide bonds. The van der Waals surface area contributed by atoms with Gasteiger partial charge in [-0.3, -0.25) is 9.48 Å². The summed E-state index contributed by atoms with van der Waals surface area (Å²) in [6.45, 7) is 1.97. The van der Waals surface area contributed by atoms with Gasteiger partial charge in [-0.15, -0.1) is 0 Å². The van der Waals surface area contributed by atoms with Gasteiger partial charge in [0.15, 0.2) is 5.78 Å². The van der Waals surface area contributed by atoms with Gasteiger partial charge in [0, 0.05) is 13.5 Å². The molecule has 0 bridgehead atoms. The summed E-state index contributed by atoms with van der Waals surface area (Å²) in [5.74, 6) is -0.631. The lowest BCUT2D eigenvalue weighted by Crippen LogP contribution is -2.10. The highest BCUT2D eigenvalue weighted by molar-refractivity contribution is 6.31. The molecule has 19 heavy (non-hydrogen) atoms. The lowest BCUT2D eigenvalue weighted by Gasteiger charge is -2.04. The number of Topliss-reactive ketones (excluding diaryl/α,β-unsaturated/α-hetero) is 1. The molecule has 1 heterocycles. The number of rotatable bonds is 4. The highest BCUT2D eigenvalue weighted by Crippen LogP contribution is 2.21. The number of aromatic nitrogens is 2. The fourth-order valence-corrected chi connectivity index (χ4v) is 2.10. The monoisotopic (exact) mass is 280 g/mol. The van der Waals surface area contributed by atoms with Crippen molar-refractivity contribution in [3.05, 3.63) is 52.1 Å². The van der Waals surface area contributed by atoms with Crippen LogP contribution in [0.2, 0.25) is 5.02 Å². The van der Waals surface area contributed by atoms with Gasteiger partial charge in [0.05, 0.1) is 10.7 Å². The largest absolute Gasteiger partial charge is 0.292 e. The van der Waals surface area contributed by atoms with E-state index in [0.717, 1.165) is 12.1 Å². The van der Waals surface area contributed by atoms with Gasteiger partial charge >= 0.3 is 0 Å². The standard InChI is InChI=1S/C14H14ClFN2O/c1-3-10-8-12(18(2)17-10)13(19)7-9-5-4-6-11(16)14(9)15/h4-6,8H,3,7H2,1-2H3. The summed E-state index contributed by atoms with van der Waals surface area (Å²) in [4.78, 5) is 12.2. The zero-order valence-electron chi connectivity index (χ0n) is 10.8. The minimum atomic E-state index is -0.508. The van der Waals surface area contributed by atoms with E-state index >= 15 is 0 Å². The van der Waals surface area contributed by atoms with Crippen LogP contribution in [0, 0.1) is 5.82 Å². The Morgan fingerprint density at radius 2 is 2.21 bits per heavy atom. The Morgan fingerprint density at radius 3 is 2.84 bits per heavy atom. The minimum Gasteiger partial charge on any atom is -0.292 e. The third kappa shape index (κ3) is 2.84. The number of aryl methyl sites for hydroxylation is 2. The van der Waals surface area contributed by atoms with Crippen molar-refractivity contribution in [1.82, 2.24) is 9.78 Å². The van der Waals surface area contributed by atoms with Crippen LogP contribution in [0.3, 0.4) is 0 Å². The summed E-state index contributed by atoms with van der Waals surface area (Å²) in [6.07, 6.45) is 0.834. The molecule has 1 aromatic carbocycles. The Kier molecular flexibility index (Phi) is 4.00. The predicted octanol–water partition coefficient (Wildman–Crippen LogP) is 3.20. The second kappa shape index (κ2) is 5.53. The molecule has 0 fully saturated rings. The molecule has 0 saturated carbocycles. The summed E-state index contributed by atoms with van der Waals surface area (Å²) in [5, 5.41) is 4.23. The van der Waals surface area contributed by atoms with E-state index in [1.54, 1.807) is 29.9 Å². The first-order chi connectivity index (χ1) is 9.02. The second-order valence-corrected chi connectivity index (χ2v) is 4.69. The number of ketones is 1. The summed E-state index contributed by atoms with van der Waals surface area (Å²) in [6, 6.07) is 6.23. The molecule has 2 rings (SSSR count). The van der Waals surface area contributed by atoms with E-state index < -0.39 is 5.82 Å². The van der Waals surface area contributed by atoms with Gasteiger partial charge in [-0.2, -0.15) is 5.10 Å². The topological polar surface area (TPSA) is 34.9 Å². The predicted molar refractivity (Wildman–Crippen MR) is 72.0 cm³/mol. The molecule has 0 aliphatic rings. The minimum absolute atomic E-state index is 0.00809. The van der Waals surface area contributed by atoms with Crippen LogP contribution >= 0.6 is 11.6 Å². The molecule has 0 aliphatic heterocycles. The highest BCUT2D eigenvalue weighted by atomic mass is 35.5. The smallest absolute Gasteiger partial charge is 0.185 e.